The fraction of sp³-hybridized carbons (Fsp3) is 0.353. The third-order valence-corrected chi connectivity index (χ3v) is 4.31. The molecule has 0 aliphatic carbocycles. The van der Waals surface area contributed by atoms with E-state index < -0.39 is 0 Å². The van der Waals surface area contributed by atoms with Crippen molar-refractivity contribution in [3.8, 4) is 6.07 Å². The van der Waals surface area contributed by atoms with E-state index in [0.29, 0.717) is 23.8 Å². The van der Waals surface area contributed by atoms with Crippen LogP contribution in [0.5, 0.6) is 0 Å². The predicted molar refractivity (Wildman–Crippen MR) is 92.9 cm³/mol. The molecule has 1 fully saturated rings. The van der Waals surface area contributed by atoms with Gasteiger partial charge >= 0.3 is 0 Å². The van der Waals surface area contributed by atoms with Crippen molar-refractivity contribution >= 4 is 23.4 Å². The summed E-state index contributed by atoms with van der Waals surface area (Å²) in [6, 6.07) is 9.24. The smallest absolute Gasteiger partial charge is 0.222 e. The number of halogens is 1. The molecular weight excluding hydrogens is 326 g/mol. The first kappa shape index (κ1) is 16.5. The van der Waals surface area contributed by atoms with Crippen LogP contribution in [0.2, 0.25) is 5.02 Å². The number of anilines is 2. The zero-order valence-electron chi connectivity index (χ0n) is 13.4. The summed E-state index contributed by atoms with van der Waals surface area (Å²) in [5.41, 5.74) is 8.07. The number of rotatable bonds is 2. The molecule has 6 nitrogen and oxygen atoms in total. The van der Waals surface area contributed by atoms with Crippen LogP contribution in [-0.2, 0) is 4.74 Å². The molecule has 1 saturated heterocycles. The van der Waals surface area contributed by atoms with Crippen molar-refractivity contribution in [1.82, 2.24) is 9.97 Å². The van der Waals surface area contributed by atoms with Gasteiger partial charge in [-0.3, -0.25) is 0 Å². The molecule has 0 spiro atoms. The van der Waals surface area contributed by atoms with Gasteiger partial charge in [0.25, 0.3) is 0 Å². The van der Waals surface area contributed by atoms with E-state index in [1.165, 1.54) is 0 Å². The van der Waals surface area contributed by atoms with Crippen molar-refractivity contribution in [1.29, 1.82) is 5.26 Å². The highest BCUT2D eigenvalue weighted by atomic mass is 35.5. The number of nitrogens with two attached hydrogens (primary N) is 1. The summed E-state index contributed by atoms with van der Waals surface area (Å²) in [6.45, 7) is 3.84. The Labute approximate surface area is 145 Å². The normalized spacial score (nSPS) is 18.0. The summed E-state index contributed by atoms with van der Waals surface area (Å²) in [4.78, 5) is 10.7. The molecule has 24 heavy (non-hydrogen) atoms. The summed E-state index contributed by atoms with van der Waals surface area (Å²) in [6.07, 6.45) is 0.882. The number of nitrogen functional groups attached to an aromatic ring is 1. The Morgan fingerprint density at radius 1 is 1.38 bits per heavy atom. The molecule has 3 rings (SSSR count). The molecule has 0 bridgehead atoms. The molecular formula is C17H18ClN5O. The van der Waals surface area contributed by atoms with Gasteiger partial charge < -0.3 is 15.4 Å². The van der Waals surface area contributed by atoms with Gasteiger partial charge in [0.15, 0.2) is 0 Å². The number of ether oxygens (including phenoxy) is 1. The standard InChI is InChI=1S/C17H18ClN5O/c1-11-7-16(22-17(20)21-11)23-5-2-6-24-10-15(23)13-4-3-12(9-19)8-14(13)18/h3-4,7-8,15H,2,5-6,10H2,1H3,(H2,20,21,22)/t15-/m1/s1. The van der Waals surface area contributed by atoms with Gasteiger partial charge in [0.05, 0.1) is 24.3 Å². The Morgan fingerprint density at radius 3 is 2.92 bits per heavy atom. The van der Waals surface area contributed by atoms with Crippen molar-refractivity contribution in [2.45, 2.75) is 19.4 Å². The molecule has 2 N–H and O–H groups in total. The first-order valence-electron chi connectivity index (χ1n) is 7.73. The number of aryl methyl sites for hydroxylation is 1. The van der Waals surface area contributed by atoms with Crippen LogP contribution in [0.15, 0.2) is 24.3 Å². The van der Waals surface area contributed by atoms with E-state index in [-0.39, 0.29) is 12.0 Å². The predicted octanol–water partition coefficient (Wildman–Crippen LogP) is 2.86. The Morgan fingerprint density at radius 2 is 2.21 bits per heavy atom. The quantitative estimate of drug-likeness (QED) is 0.902. The minimum absolute atomic E-state index is 0.0959. The van der Waals surface area contributed by atoms with Crippen molar-refractivity contribution in [2.24, 2.45) is 0 Å². The molecule has 1 atom stereocenters. The lowest BCUT2D eigenvalue weighted by Gasteiger charge is -2.31. The maximum absolute atomic E-state index is 9.02. The maximum Gasteiger partial charge on any atom is 0.222 e. The number of hydrogen-bond donors (Lipinski definition) is 1. The zero-order chi connectivity index (χ0) is 17.1. The molecule has 1 aliphatic heterocycles. The van der Waals surface area contributed by atoms with Crippen LogP contribution in [0.1, 0.15) is 29.3 Å². The highest BCUT2D eigenvalue weighted by Gasteiger charge is 2.27. The third kappa shape index (κ3) is 3.42. The Bertz CT molecular complexity index is 769. The summed E-state index contributed by atoms with van der Waals surface area (Å²) in [5.74, 6) is 1.01. The van der Waals surface area contributed by atoms with Crippen LogP contribution in [0.25, 0.3) is 0 Å². The van der Waals surface area contributed by atoms with E-state index >= 15 is 0 Å². The number of aromatic nitrogens is 2. The van der Waals surface area contributed by atoms with Crippen LogP contribution in [0.4, 0.5) is 11.8 Å². The van der Waals surface area contributed by atoms with Gasteiger partial charge in [-0.25, -0.2) is 4.98 Å². The van der Waals surface area contributed by atoms with Crippen molar-refractivity contribution in [3.63, 3.8) is 0 Å². The van der Waals surface area contributed by atoms with Gasteiger partial charge in [-0.1, -0.05) is 17.7 Å². The van der Waals surface area contributed by atoms with Gasteiger partial charge in [-0.15, -0.1) is 0 Å². The summed E-state index contributed by atoms with van der Waals surface area (Å²) < 4.78 is 5.75. The summed E-state index contributed by atoms with van der Waals surface area (Å²) in [5, 5.41) is 9.57. The number of nitrogens with zero attached hydrogens (tertiary/aromatic N) is 4. The Kier molecular flexibility index (Phi) is 4.84. The minimum atomic E-state index is -0.0959. The number of nitriles is 1. The lowest BCUT2D eigenvalue weighted by molar-refractivity contribution is 0.134. The van der Waals surface area contributed by atoms with E-state index in [0.717, 1.165) is 30.0 Å². The maximum atomic E-state index is 9.02. The third-order valence-electron chi connectivity index (χ3n) is 3.98. The molecule has 1 aromatic heterocycles. The van der Waals surface area contributed by atoms with Gasteiger partial charge in [0.1, 0.15) is 5.82 Å². The fourth-order valence-corrected chi connectivity index (χ4v) is 3.20. The topological polar surface area (TPSA) is 88.1 Å². The van der Waals surface area contributed by atoms with Gasteiger partial charge in [-0.05, 0) is 31.0 Å². The molecule has 0 unspecified atom stereocenters. The van der Waals surface area contributed by atoms with E-state index in [9.17, 15) is 0 Å². The Hall–Kier alpha value is -2.36. The average molecular weight is 344 g/mol. The highest BCUT2D eigenvalue weighted by molar-refractivity contribution is 6.31. The van der Waals surface area contributed by atoms with Crippen LogP contribution in [-0.4, -0.2) is 29.7 Å². The van der Waals surface area contributed by atoms with E-state index in [1.807, 2.05) is 19.1 Å². The summed E-state index contributed by atoms with van der Waals surface area (Å²) >= 11 is 6.42. The van der Waals surface area contributed by atoms with Crippen molar-refractivity contribution in [3.05, 3.63) is 46.1 Å². The van der Waals surface area contributed by atoms with Gasteiger partial charge in [0.2, 0.25) is 5.95 Å². The molecule has 0 radical (unpaired) electrons. The molecule has 1 aromatic carbocycles. The molecule has 124 valence electrons. The summed E-state index contributed by atoms with van der Waals surface area (Å²) in [7, 11) is 0. The molecule has 0 amide bonds. The first-order valence-corrected chi connectivity index (χ1v) is 8.11. The van der Waals surface area contributed by atoms with Crippen LogP contribution < -0.4 is 10.6 Å². The minimum Gasteiger partial charge on any atom is -0.379 e. The monoisotopic (exact) mass is 343 g/mol. The van der Waals surface area contributed by atoms with Gasteiger partial charge in [0, 0.05) is 29.9 Å². The van der Waals surface area contributed by atoms with E-state index in [4.69, 9.17) is 27.3 Å². The molecule has 7 heteroatoms. The highest BCUT2D eigenvalue weighted by Crippen LogP contribution is 2.33. The van der Waals surface area contributed by atoms with Crippen LogP contribution in [0, 0.1) is 18.3 Å². The van der Waals surface area contributed by atoms with Crippen molar-refractivity contribution in [2.75, 3.05) is 30.4 Å². The van der Waals surface area contributed by atoms with Crippen LogP contribution in [0.3, 0.4) is 0 Å². The first-order chi connectivity index (χ1) is 11.6. The number of benzene rings is 1. The Balaban J connectivity index is 2.03. The molecule has 2 heterocycles. The van der Waals surface area contributed by atoms with Crippen molar-refractivity contribution < 1.29 is 4.74 Å². The van der Waals surface area contributed by atoms with E-state index in [2.05, 4.69) is 20.9 Å². The fourth-order valence-electron chi connectivity index (χ4n) is 2.90. The second kappa shape index (κ2) is 7.04. The molecule has 1 aliphatic rings. The lowest BCUT2D eigenvalue weighted by Crippen LogP contribution is -2.32. The zero-order valence-corrected chi connectivity index (χ0v) is 14.1. The lowest BCUT2D eigenvalue weighted by atomic mass is 10.0. The van der Waals surface area contributed by atoms with Gasteiger partial charge in [-0.2, -0.15) is 10.2 Å². The largest absolute Gasteiger partial charge is 0.379 e. The second-order valence-corrected chi connectivity index (χ2v) is 6.12. The molecule has 2 aromatic rings. The van der Waals surface area contributed by atoms with Crippen LogP contribution >= 0.6 is 11.6 Å². The number of hydrogen-bond acceptors (Lipinski definition) is 6. The molecule has 0 saturated carbocycles. The SMILES string of the molecule is Cc1cc(N2CCCOC[C@@H]2c2ccc(C#N)cc2Cl)nc(N)n1. The second-order valence-electron chi connectivity index (χ2n) is 5.71. The van der Waals surface area contributed by atoms with E-state index in [1.54, 1.807) is 12.1 Å². The average Bonchev–Trinajstić information content (AvgIpc) is 2.79.